The fourth-order valence-corrected chi connectivity index (χ4v) is 10.00. The van der Waals surface area contributed by atoms with Crippen LogP contribution >= 0.6 is 23.2 Å². The fourth-order valence-electron chi connectivity index (χ4n) is 9.62. The molecule has 0 spiro atoms. The number of fused-ring (bicyclic) bond motifs is 2. The number of aryl methyl sites for hydroxylation is 3. The second-order valence-corrected chi connectivity index (χ2v) is 18.2. The summed E-state index contributed by atoms with van der Waals surface area (Å²) < 4.78 is 12.1. The summed E-state index contributed by atoms with van der Waals surface area (Å²) in [5.41, 5.74) is 4.03. The van der Waals surface area contributed by atoms with Gasteiger partial charge in [0, 0.05) is 57.1 Å². The van der Waals surface area contributed by atoms with Crippen LogP contribution in [0.3, 0.4) is 0 Å². The van der Waals surface area contributed by atoms with Crippen LogP contribution in [0.4, 0.5) is 5.69 Å². The standard InChI is InChI=1S/C47H47Cl2N9O7/c1-25(2)56-40-38(46(63)58(36-22-31(49)24-53(3)45(36)62)39(40)28-9-11-30(48)12-10-28)52-41(56)32-21-29(23-50-43(32)65-5)44(61)55-18-16-26(17-19-55)6-7-27-8-13-33-35(20-27)54(4)47(64)57(33)34-14-15-37(59)51-42(34)60/h8-13,20-26,34,39H,6-7,14-19H2,1-5H3,(H,51,59,60)/t34?,39-/m0/s1. The molecular formula is C47H47Cl2N9O7. The van der Waals surface area contributed by atoms with Crippen molar-refractivity contribution in [2.75, 3.05) is 25.1 Å². The van der Waals surface area contributed by atoms with E-state index in [1.165, 1.54) is 39.6 Å². The van der Waals surface area contributed by atoms with E-state index in [9.17, 15) is 28.8 Å². The number of rotatable bonds is 10. The summed E-state index contributed by atoms with van der Waals surface area (Å²) >= 11 is 12.8. The highest BCUT2D eigenvalue weighted by molar-refractivity contribution is 6.31. The number of anilines is 1. The Bertz CT molecular complexity index is 3050. The first-order valence-corrected chi connectivity index (χ1v) is 22.3. The van der Waals surface area contributed by atoms with E-state index in [4.69, 9.17) is 32.9 Å². The van der Waals surface area contributed by atoms with Crippen molar-refractivity contribution in [2.24, 2.45) is 20.0 Å². The van der Waals surface area contributed by atoms with Crippen molar-refractivity contribution in [2.45, 2.75) is 70.5 Å². The summed E-state index contributed by atoms with van der Waals surface area (Å²) in [4.78, 5) is 92.8. The smallest absolute Gasteiger partial charge is 0.329 e. The van der Waals surface area contributed by atoms with Crippen LogP contribution in [0.2, 0.25) is 10.0 Å². The van der Waals surface area contributed by atoms with Gasteiger partial charge in [-0.25, -0.2) is 14.8 Å². The second kappa shape index (κ2) is 17.1. The highest BCUT2D eigenvalue weighted by atomic mass is 35.5. The lowest BCUT2D eigenvalue weighted by atomic mass is 9.90. The van der Waals surface area contributed by atoms with Gasteiger partial charge in [0.2, 0.25) is 17.7 Å². The summed E-state index contributed by atoms with van der Waals surface area (Å²) in [6, 6.07) is 14.4. The monoisotopic (exact) mass is 919 g/mol. The van der Waals surface area contributed by atoms with Gasteiger partial charge in [0.05, 0.1) is 40.0 Å². The minimum Gasteiger partial charge on any atom is -0.480 e. The highest BCUT2D eigenvalue weighted by Crippen LogP contribution is 2.45. The molecule has 0 radical (unpaired) electrons. The molecule has 16 nitrogen and oxygen atoms in total. The van der Waals surface area contributed by atoms with Crippen molar-refractivity contribution in [1.29, 1.82) is 0 Å². The van der Waals surface area contributed by atoms with Crippen LogP contribution in [-0.2, 0) is 30.1 Å². The van der Waals surface area contributed by atoms with E-state index in [0.717, 1.165) is 36.8 Å². The number of nitrogens with zero attached hydrogens (tertiary/aromatic N) is 8. The van der Waals surface area contributed by atoms with Gasteiger partial charge in [-0.1, -0.05) is 41.4 Å². The van der Waals surface area contributed by atoms with Gasteiger partial charge in [-0.2, -0.15) is 0 Å². The van der Waals surface area contributed by atoms with Gasteiger partial charge in [0.25, 0.3) is 17.4 Å². The summed E-state index contributed by atoms with van der Waals surface area (Å²) in [6.45, 7) is 5.04. The molecule has 0 bridgehead atoms. The minimum absolute atomic E-state index is 0.101. The van der Waals surface area contributed by atoms with Crippen LogP contribution in [-0.4, -0.2) is 77.0 Å². The highest BCUT2D eigenvalue weighted by Gasteiger charge is 2.46. The largest absolute Gasteiger partial charge is 0.480 e. The molecule has 65 heavy (non-hydrogen) atoms. The number of hydrogen-bond donors (Lipinski definition) is 1. The van der Waals surface area contributed by atoms with Crippen LogP contribution in [0.25, 0.3) is 22.4 Å². The molecule has 0 saturated carbocycles. The first-order chi connectivity index (χ1) is 31.1. The summed E-state index contributed by atoms with van der Waals surface area (Å²) in [6.07, 6.45) is 6.73. The molecule has 6 aromatic rings. The van der Waals surface area contributed by atoms with Crippen LogP contribution < -0.4 is 26.2 Å². The number of amides is 4. The van der Waals surface area contributed by atoms with Gasteiger partial charge < -0.3 is 18.8 Å². The number of halogens is 2. The average Bonchev–Trinajstić information content (AvgIpc) is 3.90. The van der Waals surface area contributed by atoms with Gasteiger partial charge >= 0.3 is 5.69 Å². The Kier molecular flexibility index (Phi) is 11.5. The van der Waals surface area contributed by atoms with Gasteiger partial charge in [-0.15, -0.1) is 0 Å². The van der Waals surface area contributed by atoms with E-state index in [1.54, 1.807) is 36.9 Å². The molecule has 4 amide bonds. The van der Waals surface area contributed by atoms with E-state index < -0.39 is 29.5 Å². The predicted octanol–water partition coefficient (Wildman–Crippen LogP) is 6.41. The van der Waals surface area contributed by atoms with E-state index in [0.29, 0.717) is 57.8 Å². The zero-order valence-electron chi connectivity index (χ0n) is 36.5. The van der Waals surface area contributed by atoms with Crippen LogP contribution in [0.5, 0.6) is 5.88 Å². The molecule has 18 heteroatoms. The van der Waals surface area contributed by atoms with Gasteiger partial charge in [0.1, 0.15) is 23.6 Å². The Hall–Kier alpha value is -6.52. The van der Waals surface area contributed by atoms with Gasteiger partial charge in [0.15, 0.2) is 5.69 Å². The summed E-state index contributed by atoms with van der Waals surface area (Å²) in [7, 11) is 4.76. The maximum Gasteiger partial charge on any atom is 0.329 e. The van der Waals surface area contributed by atoms with Crippen molar-refractivity contribution in [1.82, 2.24) is 38.5 Å². The zero-order chi connectivity index (χ0) is 46.0. The third kappa shape index (κ3) is 7.71. The molecule has 4 aromatic heterocycles. The van der Waals surface area contributed by atoms with Crippen LogP contribution in [0.15, 0.2) is 76.6 Å². The van der Waals surface area contributed by atoms with E-state index >= 15 is 0 Å². The van der Waals surface area contributed by atoms with Crippen molar-refractivity contribution in [3.8, 4) is 17.3 Å². The first-order valence-electron chi connectivity index (χ1n) is 21.6. The van der Waals surface area contributed by atoms with Gasteiger partial charge in [-0.05, 0) is 99.4 Å². The number of aromatic nitrogens is 6. The number of ether oxygens (including phenoxy) is 1. The number of pyridine rings is 2. The molecule has 2 atom stereocenters. The number of imidazole rings is 2. The molecule has 0 aliphatic carbocycles. The Morgan fingerprint density at radius 3 is 2.35 bits per heavy atom. The number of methoxy groups -OCH3 is 1. The third-order valence-electron chi connectivity index (χ3n) is 12.9. The Labute approximate surface area is 383 Å². The molecule has 2 aromatic carbocycles. The zero-order valence-corrected chi connectivity index (χ0v) is 38.0. The Morgan fingerprint density at radius 1 is 0.923 bits per heavy atom. The Balaban J connectivity index is 0.948. The molecule has 336 valence electrons. The topological polar surface area (TPSA) is 176 Å². The summed E-state index contributed by atoms with van der Waals surface area (Å²) in [5, 5.41) is 3.15. The number of benzene rings is 2. The number of carbonyl (C=O) groups is 4. The maximum atomic E-state index is 14.6. The van der Waals surface area contributed by atoms with Gasteiger partial charge in [-0.3, -0.25) is 43.3 Å². The SMILES string of the molecule is COc1ncc(C(=O)N2CCC(CCc3ccc4c(c3)n(C)c(=O)n4C3CCC(=O)NC3=O)CC2)cc1-c1nc2c(n1C(C)C)[C@H](c1ccc(Cl)cc1)N(c1cc(Cl)cn(C)c1=O)C2=O. The predicted molar refractivity (Wildman–Crippen MR) is 245 cm³/mol. The molecule has 2 saturated heterocycles. The molecule has 2 fully saturated rings. The van der Waals surface area contributed by atoms with Crippen LogP contribution in [0, 0.1) is 5.92 Å². The molecule has 7 heterocycles. The van der Waals surface area contributed by atoms with Crippen molar-refractivity contribution < 1.29 is 23.9 Å². The van der Waals surface area contributed by atoms with E-state index in [2.05, 4.69) is 10.3 Å². The number of likely N-dealkylation sites (tertiary alicyclic amines) is 1. The quantitative estimate of drug-likeness (QED) is 0.152. The fraction of sp³-hybridized carbons (Fsp3) is 0.362. The van der Waals surface area contributed by atoms with Crippen molar-refractivity contribution in [3.63, 3.8) is 0 Å². The lowest BCUT2D eigenvalue weighted by Gasteiger charge is -2.32. The molecule has 1 unspecified atom stereocenters. The lowest BCUT2D eigenvalue weighted by Crippen LogP contribution is -2.44. The molecule has 3 aliphatic heterocycles. The first kappa shape index (κ1) is 43.7. The Morgan fingerprint density at radius 2 is 1.66 bits per heavy atom. The van der Waals surface area contributed by atoms with Crippen LogP contribution in [0.1, 0.15) is 102 Å². The average molecular weight is 921 g/mol. The normalized spacial score (nSPS) is 17.9. The van der Waals surface area contributed by atoms with Crippen molar-refractivity contribution >= 4 is 63.6 Å². The number of imide groups is 1. The van der Waals surface area contributed by atoms with E-state index in [-0.39, 0.29) is 58.7 Å². The molecule has 3 aliphatic rings. The number of nitrogens with one attached hydrogen (secondary N) is 1. The number of piperidine rings is 2. The second-order valence-electron chi connectivity index (χ2n) is 17.3. The summed E-state index contributed by atoms with van der Waals surface area (Å²) in [5.74, 6) is -0.476. The molecular weight excluding hydrogens is 873 g/mol. The number of hydrogen-bond acceptors (Lipinski definition) is 9. The molecule has 9 rings (SSSR count). The molecule has 1 N–H and O–H groups in total. The lowest BCUT2D eigenvalue weighted by molar-refractivity contribution is -0.135. The van der Waals surface area contributed by atoms with E-state index in [1.807, 2.05) is 53.6 Å². The number of carbonyl (C=O) groups excluding carboxylic acids is 4. The van der Waals surface area contributed by atoms with Crippen molar-refractivity contribution in [3.05, 3.63) is 126 Å². The third-order valence-corrected chi connectivity index (χ3v) is 13.4. The maximum absolute atomic E-state index is 14.6. The minimum atomic E-state index is -0.779.